The van der Waals surface area contributed by atoms with Gasteiger partial charge in [0.05, 0.1) is 4.90 Å². The van der Waals surface area contributed by atoms with Gasteiger partial charge in [-0.25, -0.2) is 8.42 Å². The molecule has 0 aliphatic carbocycles. The highest BCUT2D eigenvalue weighted by atomic mass is 32.2. The minimum absolute atomic E-state index is 0.308. The van der Waals surface area contributed by atoms with Gasteiger partial charge in [0, 0.05) is 32.2 Å². The van der Waals surface area contributed by atoms with Crippen molar-refractivity contribution in [2.45, 2.75) is 50.1 Å². The number of fused-ring (bicyclic) bond motifs is 1. The molecule has 2 aromatic rings. The van der Waals surface area contributed by atoms with E-state index in [0.717, 1.165) is 25.9 Å². The van der Waals surface area contributed by atoms with Crippen LogP contribution in [0, 0.1) is 0 Å². The molecule has 2 heterocycles. The Balaban J connectivity index is 1.46. The Morgan fingerprint density at radius 2 is 1.67 bits per heavy atom. The molecule has 144 valence electrons. The first-order valence-electron chi connectivity index (χ1n) is 9.86. The zero-order valence-corrected chi connectivity index (χ0v) is 17.0. The monoisotopic (exact) mass is 384 g/mol. The Labute approximate surface area is 162 Å². The highest BCUT2D eigenvalue weighted by molar-refractivity contribution is 7.89. The first-order chi connectivity index (χ1) is 12.9. The number of benzene rings is 2. The predicted molar refractivity (Wildman–Crippen MR) is 108 cm³/mol. The topological polar surface area (TPSA) is 40.6 Å². The molecule has 0 saturated carbocycles. The molecule has 1 atom stereocenters. The molecule has 0 bridgehead atoms. The van der Waals surface area contributed by atoms with Crippen molar-refractivity contribution in [3.63, 3.8) is 0 Å². The van der Waals surface area contributed by atoms with Gasteiger partial charge in [0.15, 0.2) is 0 Å². The van der Waals surface area contributed by atoms with Gasteiger partial charge < -0.3 is 0 Å². The lowest BCUT2D eigenvalue weighted by molar-refractivity contribution is 0.185. The Morgan fingerprint density at radius 3 is 2.37 bits per heavy atom. The summed E-state index contributed by atoms with van der Waals surface area (Å²) in [5, 5.41) is 0. The number of hydrogen-bond donors (Lipinski definition) is 0. The minimum Gasteiger partial charge on any atom is -0.294 e. The summed E-state index contributed by atoms with van der Waals surface area (Å²) in [4.78, 5) is 2.87. The molecule has 2 aromatic carbocycles. The maximum absolute atomic E-state index is 13.0. The van der Waals surface area contributed by atoms with Crippen LogP contribution in [0.2, 0.25) is 0 Å². The summed E-state index contributed by atoms with van der Waals surface area (Å²) in [6.07, 6.45) is 1.96. The molecule has 1 fully saturated rings. The smallest absolute Gasteiger partial charge is 0.243 e. The Morgan fingerprint density at radius 1 is 0.963 bits per heavy atom. The van der Waals surface area contributed by atoms with Crippen molar-refractivity contribution in [1.82, 2.24) is 9.21 Å². The Kier molecular flexibility index (Phi) is 5.10. The van der Waals surface area contributed by atoms with Crippen molar-refractivity contribution in [3.05, 3.63) is 65.2 Å². The lowest BCUT2D eigenvalue weighted by atomic mass is 9.98. The van der Waals surface area contributed by atoms with Crippen LogP contribution >= 0.6 is 0 Å². The van der Waals surface area contributed by atoms with Crippen molar-refractivity contribution >= 4 is 10.0 Å². The summed E-state index contributed by atoms with van der Waals surface area (Å²) in [6.45, 7) is 7.38. The SMILES string of the molecule is CC(C)c1ccc(S(=O)(=O)N2CCC(N3CCc4ccccc4C3)C2)cc1. The second kappa shape index (κ2) is 7.38. The van der Waals surface area contributed by atoms with Crippen LogP contribution in [-0.4, -0.2) is 43.3 Å². The second-order valence-electron chi connectivity index (χ2n) is 8.02. The maximum Gasteiger partial charge on any atom is 0.243 e. The van der Waals surface area contributed by atoms with E-state index in [1.54, 1.807) is 16.4 Å². The molecule has 4 nitrogen and oxygen atoms in total. The zero-order valence-electron chi connectivity index (χ0n) is 16.1. The second-order valence-corrected chi connectivity index (χ2v) is 9.96. The number of nitrogens with zero attached hydrogens (tertiary/aromatic N) is 2. The molecule has 27 heavy (non-hydrogen) atoms. The predicted octanol–water partition coefficient (Wildman–Crippen LogP) is 3.63. The van der Waals surface area contributed by atoms with Gasteiger partial charge in [0.1, 0.15) is 0 Å². The van der Waals surface area contributed by atoms with Crippen molar-refractivity contribution in [2.75, 3.05) is 19.6 Å². The van der Waals surface area contributed by atoms with Crippen LogP contribution in [-0.2, 0) is 23.0 Å². The van der Waals surface area contributed by atoms with E-state index in [0.29, 0.717) is 29.9 Å². The van der Waals surface area contributed by atoms with Crippen LogP contribution in [0.4, 0.5) is 0 Å². The molecule has 1 saturated heterocycles. The quantitative estimate of drug-likeness (QED) is 0.808. The van der Waals surface area contributed by atoms with Gasteiger partial charge in [-0.2, -0.15) is 4.31 Å². The minimum atomic E-state index is -3.41. The fourth-order valence-electron chi connectivity index (χ4n) is 4.23. The normalized spacial score (nSPS) is 21.5. The van der Waals surface area contributed by atoms with Crippen molar-refractivity contribution in [1.29, 1.82) is 0 Å². The van der Waals surface area contributed by atoms with E-state index in [1.165, 1.54) is 16.7 Å². The van der Waals surface area contributed by atoms with Crippen LogP contribution in [0.15, 0.2) is 53.4 Å². The third-order valence-corrected chi connectivity index (χ3v) is 7.87. The van der Waals surface area contributed by atoms with Gasteiger partial charge in [0.25, 0.3) is 0 Å². The van der Waals surface area contributed by atoms with Gasteiger partial charge >= 0.3 is 0 Å². The first kappa shape index (κ1) is 18.7. The zero-order chi connectivity index (χ0) is 19.0. The number of sulfonamides is 1. The average Bonchev–Trinajstić information content (AvgIpc) is 3.19. The van der Waals surface area contributed by atoms with E-state index in [-0.39, 0.29) is 0 Å². The summed E-state index contributed by atoms with van der Waals surface area (Å²) in [5.41, 5.74) is 3.98. The summed E-state index contributed by atoms with van der Waals surface area (Å²) in [5.74, 6) is 0.403. The highest BCUT2D eigenvalue weighted by Crippen LogP contribution is 2.28. The Hall–Kier alpha value is -1.69. The molecule has 4 rings (SSSR count). The van der Waals surface area contributed by atoms with E-state index in [4.69, 9.17) is 0 Å². The third-order valence-electron chi connectivity index (χ3n) is 5.99. The van der Waals surface area contributed by atoms with Gasteiger partial charge in [-0.15, -0.1) is 0 Å². The van der Waals surface area contributed by atoms with E-state index in [2.05, 4.69) is 43.0 Å². The van der Waals surface area contributed by atoms with E-state index in [1.807, 2.05) is 12.1 Å². The third kappa shape index (κ3) is 3.68. The lowest BCUT2D eigenvalue weighted by Gasteiger charge is -2.33. The molecule has 5 heteroatoms. The summed E-state index contributed by atoms with van der Waals surface area (Å²) < 4.78 is 27.8. The van der Waals surface area contributed by atoms with Gasteiger partial charge in [-0.1, -0.05) is 50.2 Å². The molecular formula is C22H28N2O2S. The summed E-state index contributed by atoms with van der Waals surface area (Å²) in [7, 11) is -3.41. The molecule has 0 amide bonds. The number of hydrogen-bond acceptors (Lipinski definition) is 3. The van der Waals surface area contributed by atoms with Gasteiger partial charge in [0.2, 0.25) is 10.0 Å². The molecule has 1 unspecified atom stereocenters. The molecule has 0 radical (unpaired) electrons. The standard InChI is InChI=1S/C22H28N2O2S/c1-17(2)18-7-9-22(10-8-18)27(25,26)24-14-12-21(16-24)23-13-11-19-5-3-4-6-20(19)15-23/h3-10,17,21H,11-16H2,1-2H3. The number of rotatable bonds is 4. The molecule has 0 spiro atoms. The van der Waals surface area contributed by atoms with Crippen LogP contribution in [0.5, 0.6) is 0 Å². The average molecular weight is 385 g/mol. The van der Waals surface area contributed by atoms with Crippen molar-refractivity contribution in [3.8, 4) is 0 Å². The molecule has 0 N–H and O–H groups in total. The molecule has 2 aliphatic heterocycles. The molecule has 0 aromatic heterocycles. The maximum atomic E-state index is 13.0. The fourth-order valence-corrected chi connectivity index (χ4v) is 5.72. The van der Waals surface area contributed by atoms with E-state index < -0.39 is 10.0 Å². The van der Waals surface area contributed by atoms with Crippen LogP contribution < -0.4 is 0 Å². The Bertz CT molecular complexity index is 906. The first-order valence-corrected chi connectivity index (χ1v) is 11.3. The van der Waals surface area contributed by atoms with Crippen LogP contribution in [0.25, 0.3) is 0 Å². The largest absolute Gasteiger partial charge is 0.294 e. The van der Waals surface area contributed by atoms with Crippen LogP contribution in [0.1, 0.15) is 42.9 Å². The summed E-state index contributed by atoms with van der Waals surface area (Å²) in [6, 6.07) is 16.3. The summed E-state index contributed by atoms with van der Waals surface area (Å²) >= 11 is 0. The highest BCUT2D eigenvalue weighted by Gasteiger charge is 2.36. The fraction of sp³-hybridized carbons (Fsp3) is 0.455. The van der Waals surface area contributed by atoms with Gasteiger partial charge in [-0.3, -0.25) is 4.90 Å². The van der Waals surface area contributed by atoms with Crippen molar-refractivity contribution < 1.29 is 8.42 Å². The molecule has 2 aliphatic rings. The van der Waals surface area contributed by atoms with Crippen molar-refractivity contribution in [2.24, 2.45) is 0 Å². The lowest BCUT2D eigenvalue weighted by Crippen LogP contribution is -2.41. The van der Waals surface area contributed by atoms with Crippen LogP contribution in [0.3, 0.4) is 0 Å². The van der Waals surface area contributed by atoms with E-state index >= 15 is 0 Å². The van der Waals surface area contributed by atoms with E-state index in [9.17, 15) is 8.42 Å². The van der Waals surface area contributed by atoms with Gasteiger partial charge in [-0.05, 0) is 47.6 Å². The molecular weight excluding hydrogens is 356 g/mol.